The van der Waals surface area contributed by atoms with E-state index in [9.17, 15) is 4.79 Å². The van der Waals surface area contributed by atoms with Crippen LogP contribution in [0.4, 0.5) is 0 Å². The molecule has 1 saturated carbocycles. The van der Waals surface area contributed by atoms with Crippen LogP contribution in [0, 0.1) is 5.92 Å². The van der Waals surface area contributed by atoms with Crippen molar-refractivity contribution in [2.45, 2.75) is 44.6 Å². The Morgan fingerprint density at radius 3 is 2.79 bits per heavy atom. The number of amides is 1. The predicted octanol–water partition coefficient (Wildman–Crippen LogP) is 4.06. The minimum absolute atomic E-state index is 0.148. The third-order valence-corrected chi connectivity index (χ3v) is 5.66. The van der Waals surface area contributed by atoms with Gasteiger partial charge in [-0.15, -0.1) is 0 Å². The molecule has 1 amide bonds. The highest BCUT2D eigenvalue weighted by molar-refractivity contribution is 9.10. The van der Waals surface area contributed by atoms with E-state index in [2.05, 4.69) is 38.2 Å². The summed E-state index contributed by atoms with van der Waals surface area (Å²) in [5, 5.41) is 8.58. The number of nitrogens with one attached hydrogen (secondary N) is 1. The molecule has 1 aromatic heterocycles. The fourth-order valence-electron chi connectivity index (χ4n) is 3.55. The second kappa shape index (κ2) is 7.55. The number of ether oxygens (including phenoxy) is 1. The summed E-state index contributed by atoms with van der Waals surface area (Å²) in [6.07, 6.45) is 8.38. The van der Waals surface area contributed by atoms with Gasteiger partial charge >= 0.3 is 0 Å². The van der Waals surface area contributed by atoms with Crippen LogP contribution in [0.1, 0.15) is 44.6 Å². The highest BCUT2D eigenvalue weighted by Crippen LogP contribution is 2.36. The summed E-state index contributed by atoms with van der Waals surface area (Å²) < 4.78 is 8.42. The normalized spacial score (nSPS) is 21.0. The molecule has 24 heavy (non-hydrogen) atoms. The van der Waals surface area contributed by atoms with Crippen LogP contribution in [0.15, 0.2) is 22.8 Å². The first kappa shape index (κ1) is 17.3. The highest BCUT2D eigenvalue weighted by Gasteiger charge is 2.23. The number of hydrogen-bond donors (Lipinski definition) is 1. The highest BCUT2D eigenvalue weighted by atomic mass is 79.9. The molecule has 0 spiro atoms. The Balaban J connectivity index is 1.64. The fourth-order valence-corrected chi connectivity index (χ4v) is 4.07. The number of carbonyl (C=O) groups is 1. The second-order valence-corrected chi connectivity index (χ2v) is 7.40. The molecule has 6 heteroatoms. The van der Waals surface area contributed by atoms with E-state index >= 15 is 0 Å². The predicted molar refractivity (Wildman–Crippen MR) is 98.3 cm³/mol. The number of benzene rings is 1. The SMILES string of the molecule is CNC(=O)CCC1CCC(n2cc3cc(Br)c(OC)cc3n2)CC1. The first-order valence-electron chi connectivity index (χ1n) is 8.53. The van der Waals surface area contributed by atoms with Crippen LogP contribution in [0.5, 0.6) is 5.75 Å². The Morgan fingerprint density at radius 1 is 1.38 bits per heavy atom. The monoisotopic (exact) mass is 393 g/mol. The molecule has 0 atom stereocenters. The quantitative estimate of drug-likeness (QED) is 0.832. The van der Waals surface area contributed by atoms with Crippen LogP contribution in [0.2, 0.25) is 0 Å². The molecule has 130 valence electrons. The zero-order valence-electron chi connectivity index (χ0n) is 14.2. The van der Waals surface area contributed by atoms with Crippen LogP contribution in [-0.2, 0) is 4.79 Å². The van der Waals surface area contributed by atoms with E-state index < -0.39 is 0 Å². The van der Waals surface area contributed by atoms with E-state index in [4.69, 9.17) is 9.84 Å². The number of aromatic nitrogens is 2. The van der Waals surface area contributed by atoms with E-state index in [1.807, 2.05) is 6.07 Å². The molecular formula is C18H24BrN3O2. The summed E-state index contributed by atoms with van der Waals surface area (Å²) in [5.41, 5.74) is 0.969. The van der Waals surface area contributed by atoms with Crippen molar-refractivity contribution in [3.8, 4) is 5.75 Å². The lowest BCUT2D eigenvalue weighted by Gasteiger charge is -2.28. The minimum atomic E-state index is 0.148. The van der Waals surface area contributed by atoms with Crippen LogP contribution >= 0.6 is 15.9 Å². The van der Waals surface area contributed by atoms with E-state index in [0.29, 0.717) is 18.4 Å². The number of hydrogen-bond acceptors (Lipinski definition) is 3. The summed E-state index contributed by atoms with van der Waals surface area (Å²) in [6.45, 7) is 0. The molecule has 0 aliphatic heterocycles. The molecule has 1 N–H and O–H groups in total. The number of rotatable bonds is 5. The zero-order chi connectivity index (χ0) is 17.1. The molecule has 1 aromatic carbocycles. The van der Waals surface area contributed by atoms with Crippen molar-refractivity contribution in [1.29, 1.82) is 0 Å². The van der Waals surface area contributed by atoms with Crippen LogP contribution in [0.25, 0.3) is 10.9 Å². The maximum absolute atomic E-state index is 11.4. The van der Waals surface area contributed by atoms with Crippen molar-refractivity contribution >= 4 is 32.7 Å². The summed E-state index contributed by atoms with van der Waals surface area (Å²) in [6, 6.07) is 4.50. The fraction of sp³-hybridized carbons (Fsp3) is 0.556. The largest absolute Gasteiger partial charge is 0.495 e. The lowest BCUT2D eigenvalue weighted by Crippen LogP contribution is -2.22. The average Bonchev–Trinajstić information content (AvgIpc) is 3.01. The van der Waals surface area contributed by atoms with Crippen LogP contribution in [0.3, 0.4) is 0 Å². The second-order valence-electron chi connectivity index (χ2n) is 6.54. The van der Waals surface area contributed by atoms with Gasteiger partial charge in [-0.3, -0.25) is 9.48 Å². The Hall–Kier alpha value is -1.56. The average molecular weight is 394 g/mol. The van der Waals surface area contributed by atoms with Gasteiger partial charge in [0, 0.05) is 31.1 Å². The zero-order valence-corrected chi connectivity index (χ0v) is 15.8. The number of nitrogens with zero attached hydrogens (tertiary/aromatic N) is 2. The van der Waals surface area contributed by atoms with Crippen molar-refractivity contribution < 1.29 is 9.53 Å². The molecule has 2 aromatic rings. The van der Waals surface area contributed by atoms with Crippen LogP contribution < -0.4 is 10.1 Å². The van der Waals surface area contributed by atoms with E-state index in [1.54, 1.807) is 14.2 Å². The Morgan fingerprint density at radius 2 is 2.12 bits per heavy atom. The smallest absolute Gasteiger partial charge is 0.219 e. The van der Waals surface area contributed by atoms with Gasteiger partial charge in [-0.05, 0) is 60.0 Å². The van der Waals surface area contributed by atoms with E-state index in [0.717, 1.165) is 40.4 Å². The third-order valence-electron chi connectivity index (χ3n) is 5.04. The first-order chi connectivity index (χ1) is 11.6. The molecular weight excluding hydrogens is 370 g/mol. The van der Waals surface area contributed by atoms with Crippen molar-refractivity contribution in [3.05, 3.63) is 22.8 Å². The van der Waals surface area contributed by atoms with Gasteiger partial charge in [0.25, 0.3) is 0 Å². The van der Waals surface area contributed by atoms with Gasteiger partial charge in [0.05, 0.1) is 23.1 Å². The minimum Gasteiger partial charge on any atom is -0.495 e. The number of methoxy groups -OCH3 is 1. The van der Waals surface area contributed by atoms with Gasteiger partial charge in [0.2, 0.25) is 5.91 Å². The van der Waals surface area contributed by atoms with Gasteiger partial charge in [0.15, 0.2) is 0 Å². The lowest BCUT2D eigenvalue weighted by atomic mass is 9.83. The Kier molecular flexibility index (Phi) is 5.43. The maximum atomic E-state index is 11.4. The third kappa shape index (κ3) is 3.74. The molecule has 0 radical (unpaired) electrons. The standard InChI is InChI=1S/C18H24BrN3O2/c1-20-18(23)8-5-12-3-6-14(7-4-12)22-11-13-9-15(19)17(24-2)10-16(13)21-22/h9-12,14H,3-8H2,1-2H3,(H,20,23). The van der Waals surface area contributed by atoms with E-state index in [-0.39, 0.29) is 5.91 Å². The van der Waals surface area contributed by atoms with Gasteiger partial charge < -0.3 is 10.1 Å². The molecule has 1 aliphatic carbocycles. The molecule has 1 heterocycles. The van der Waals surface area contributed by atoms with Crippen molar-refractivity contribution in [3.63, 3.8) is 0 Å². The Bertz CT molecular complexity index is 720. The summed E-state index contributed by atoms with van der Waals surface area (Å²) in [7, 11) is 3.37. The maximum Gasteiger partial charge on any atom is 0.219 e. The number of halogens is 1. The first-order valence-corrected chi connectivity index (χ1v) is 9.33. The molecule has 3 rings (SSSR count). The molecule has 0 unspecified atom stereocenters. The van der Waals surface area contributed by atoms with Gasteiger partial charge in [-0.25, -0.2) is 0 Å². The summed E-state index contributed by atoms with van der Waals surface area (Å²) in [4.78, 5) is 11.4. The van der Waals surface area contributed by atoms with Crippen molar-refractivity contribution in [2.75, 3.05) is 14.2 Å². The lowest BCUT2D eigenvalue weighted by molar-refractivity contribution is -0.120. The summed E-state index contributed by atoms with van der Waals surface area (Å²) in [5.74, 6) is 1.62. The topological polar surface area (TPSA) is 56.2 Å². The van der Waals surface area contributed by atoms with Crippen LogP contribution in [-0.4, -0.2) is 29.8 Å². The Labute approximate surface area is 150 Å². The molecule has 0 bridgehead atoms. The molecule has 1 fully saturated rings. The molecule has 1 aliphatic rings. The van der Waals surface area contributed by atoms with Gasteiger partial charge in [-0.1, -0.05) is 0 Å². The van der Waals surface area contributed by atoms with Gasteiger partial charge in [-0.2, -0.15) is 5.10 Å². The van der Waals surface area contributed by atoms with Crippen molar-refractivity contribution in [2.24, 2.45) is 5.92 Å². The number of fused-ring (bicyclic) bond motifs is 1. The summed E-state index contributed by atoms with van der Waals surface area (Å²) >= 11 is 3.53. The number of carbonyl (C=O) groups excluding carboxylic acids is 1. The van der Waals surface area contributed by atoms with Crippen molar-refractivity contribution in [1.82, 2.24) is 15.1 Å². The molecule has 0 saturated heterocycles. The van der Waals surface area contributed by atoms with E-state index in [1.165, 1.54) is 12.8 Å². The molecule has 5 nitrogen and oxygen atoms in total. The van der Waals surface area contributed by atoms with Gasteiger partial charge in [0.1, 0.15) is 5.75 Å².